The minimum absolute atomic E-state index is 0.0165. The predicted molar refractivity (Wildman–Crippen MR) is 115 cm³/mol. The predicted octanol–water partition coefficient (Wildman–Crippen LogP) is 2.75. The molecule has 5 rings (SSSR count). The monoisotopic (exact) mass is 404 g/mol. The molecule has 0 radical (unpaired) electrons. The Labute approximate surface area is 176 Å². The van der Waals surface area contributed by atoms with Crippen LogP contribution < -0.4 is 5.56 Å². The number of hydrogen-bond donors (Lipinski definition) is 0. The quantitative estimate of drug-likeness (QED) is 0.654. The van der Waals surface area contributed by atoms with Crippen LogP contribution in [0, 0.1) is 5.92 Å². The number of aryl methyl sites for hydroxylation is 2. The van der Waals surface area contributed by atoms with Crippen molar-refractivity contribution in [3.8, 4) is 11.3 Å². The number of pyridine rings is 1. The van der Waals surface area contributed by atoms with Gasteiger partial charge in [-0.1, -0.05) is 0 Å². The Balaban J connectivity index is 1.16. The van der Waals surface area contributed by atoms with Gasteiger partial charge in [0.25, 0.3) is 5.56 Å². The SMILES string of the molecule is O=c1cc(-c2ccncc2)ncn1CC1CCN(Cc2cn3c(n2)CCCC3)CC1. The summed E-state index contributed by atoms with van der Waals surface area (Å²) in [5.41, 5.74) is 2.85. The number of likely N-dealkylation sites (tertiary alicyclic amines) is 1. The summed E-state index contributed by atoms with van der Waals surface area (Å²) < 4.78 is 4.09. The van der Waals surface area contributed by atoms with E-state index in [1.165, 1.54) is 24.4 Å². The summed E-state index contributed by atoms with van der Waals surface area (Å²) in [5, 5.41) is 0. The van der Waals surface area contributed by atoms with Crippen LogP contribution in [0.5, 0.6) is 0 Å². The van der Waals surface area contributed by atoms with E-state index < -0.39 is 0 Å². The molecule has 2 aliphatic rings. The lowest BCUT2D eigenvalue weighted by molar-refractivity contribution is 0.165. The minimum atomic E-state index is 0.0165. The second-order valence-electron chi connectivity index (χ2n) is 8.52. The molecular weight excluding hydrogens is 376 g/mol. The summed E-state index contributed by atoms with van der Waals surface area (Å²) in [4.78, 5) is 28.4. The third-order valence-corrected chi connectivity index (χ3v) is 6.36. The lowest BCUT2D eigenvalue weighted by Gasteiger charge is -2.31. The Morgan fingerprint density at radius 3 is 2.67 bits per heavy atom. The van der Waals surface area contributed by atoms with Crippen molar-refractivity contribution < 1.29 is 0 Å². The van der Waals surface area contributed by atoms with Crippen molar-refractivity contribution in [3.63, 3.8) is 0 Å². The van der Waals surface area contributed by atoms with E-state index in [1.807, 2.05) is 12.1 Å². The summed E-state index contributed by atoms with van der Waals surface area (Å²) in [6.07, 6.45) is 13.2. The number of aromatic nitrogens is 5. The van der Waals surface area contributed by atoms with Crippen LogP contribution in [-0.2, 0) is 26.1 Å². The zero-order valence-electron chi connectivity index (χ0n) is 17.3. The smallest absolute Gasteiger partial charge is 0.253 e. The zero-order chi connectivity index (χ0) is 20.3. The zero-order valence-corrected chi connectivity index (χ0v) is 17.3. The normalized spacial score (nSPS) is 17.7. The average Bonchev–Trinajstić information content (AvgIpc) is 3.19. The third kappa shape index (κ3) is 4.21. The van der Waals surface area contributed by atoms with E-state index in [0.29, 0.717) is 11.6 Å². The molecule has 0 amide bonds. The Hall–Kier alpha value is -2.80. The van der Waals surface area contributed by atoms with Crippen LogP contribution >= 0.6 is 0 Å². The maximum Gasteiger partial charge on any atom is 0.253 e. The Morgan fingerprint density at radius 2 is 1.90 bits per heavy atom. The first-order valence-electron chi connectivity index (χ1n) is 11.0. The highest BCUT2D eigenvalue weighted by Crippen LogP contribution is 2.22. The van der Waals surface area contributed by atoms with Crippen LogP contribution in [-0.4, -0.2) is 42.1 Å². The van der Waals surface area contributed by atoms with Crippen molar-refractivity contribution >= 4 is 0 Å². The minimum Gasteiger partial charge on any atom is -0.335 e. The van der Waals surface area contributed by atoms with Crippen molar-refractivity contribution in [1.82, 2.24) is 29.0 Å². The summed E-state index contributed by atoms with van der Waals surface area (Å²) in [6.45, 7) is 4.92. The van der Waals surface area contributed by atoms with E-state index >= 15 is 0 Å². The van der Waals surface area contributed by atoms with Gasteiger partial charge in [0.05, 0.1) is 17.7 Å². The first kappa shape index (κ1) is 19.2. The molecule has 1 fully saturated rings. The molecule has 0 aliphatic carbocycles. The maximum absolute atomic E-state index is 12.6. The summed E-state index contributed by atoms with van der Waals surface area (Å²) in [6, 6.07) is 5.38. The first-order valence-corrected chi connectivity index (χ1v) is 11.0. The van der Waals surface area contributed by atoms with Gasteiger partial charge >= 0.3 is 0 Å². The molecule has 2 aliphatic heterocycles. The molecule has 3 aromatic rings. The fourth-order valence-electron chi connectivity index (χ4n) is 4.63. The molecule has 0 saturated carbocycles. The van der Waals surface area contributed by atoms with Crippen molar-refractivity contribution in [2.45, 2.75) is 51.7 Å². The molecule has 0 atom stereocenters. The van der Waals surface area contributed by atoms with E-state index in [4.69, 9.17) is 4.98 Å². The van der Waals surface area contributed by atoms with Crippen LogP contribution in [0.2, 0.25) is 0 Å². The molecule has 0 bridgehead atoms. The Bertz CT molecular complexity index is 1030. The number of piperidine rings is 1. The molecule has 156 valence electrons. The number of nitrogens with zero attached hydrogens (tertiary/aromatic N) is 6. The van der Waals surface area contributed by atoms with Gasteiger partial charge in [0.1, 0.15) is 5.82 Å². The van der Waals surface area contributed by atoms with Gasteiger partial charge in [0.15, 0.2) is 0 Å². The number of rotatable bonds is 5. The second kappa shape index (κ2) is 8.52. The van der Waals surface area contributed by atoms with Crippen molar-refractivity contribution in [3.05, 3.63) is 65.0 Å². The summed E-state index contributed by atoms with van der Waals surface area (Å²) in [7, 11) is 0. The number of hydrogen-bond acceptors (Lipinski definition) is 5. The van der Waals surface area contributed by atoms with Gasteiger partial charge in [-0.25, -0.2) is 9.97 Å². The molecule has 5 heterocycles. The standard InChI is InChI=1S/C23H28N6O/c30-23-13-21(19-4-8-24-9-5-19)25-17-29(23)14-18-6-11-27(12-7-18)15-20-16-28-10-2-1-3-22(28)26-20/h4-5,8-9,13,16-18H,1-3,6-7,10-12,14-15H2. The van der Waals surface area contributed by atoms with E-state index in [-0.39, 0.29) is 5.56 Å². The number of fused-ring (bicyclic) bond motifs is 1. The van der Waals surface area contributed by atoms with Crippen molar-refractivity contribution in [1.29, 1.82) is 0 Å². The molecule has 1 saturated heterocycles. The highest BCUT2D eigenvalue weighted by Gasteiger charge is 2.21. The lowest BCUT2D eigenvalue weighted by Crippen LogP contribution is -2.36. The largest absolute Gasteiger partial charge is 0.335 e. The van der Waals surface area contributed by atoms with E-state index in [2.05, 4.69) is 25.6 Å². The third-order valence-electron chi connectivity index (χ3n) is 6.36. The summed E-state index contributed by atoms with van der Waals surface area (Å²) in [5.74, 6) is 1.77. The number of imidazole rings is 1. The average molecular weight is 405 g/mol. The van der Waals surface area contributed by atoms with E-state index in [9.17, 15) is 4.79 Å². The van der Waals surface area contributed by atoms with Crippen LogP contribution in [0.4, 0.5) is 0 Å². The van der Waals surface area contributed by atoms with Crippen LogP contribution in [0.3, 0.4) is 0 Å². The summed E-state index contributed by atoms with van der Waals surface area (Å²) >= 11 is 0. The van der Waals surface area contributed by atoms with Gasteiger partial charge in [0, 0.05) is 56.3 Å². The van der Waals surface area contributed by atoms with E-state index in [1.54, 1.807) is 29.4 Å². The van der Waals surface area contributed by atoms with E-state index in [0.717, 1.165) is 57.5 Å². The molecule has 0 N–H and O–H groups in total. The van der Waals surface area contributed by atoms with Crippen LogP contribution in [0.15, 0.2) is 47.9 Å². The molecule has 30 heavy (non-hydrogen) atoms. The highest BCUT2D eigenvalue weighted by atomic mass is 16.1. The molecule has 3 aromatic heterocycles. The molecule has 0 spiro atoms. The molecule has 0 aromatic carbocycles. The molecule has 0 unspecified atom stereocenters. The lowest BCUT2D eigenvalue weighted by atomic mass is 9.96. The van der Waals surface area contributed by atoms with Crippen molar-refractivity contribution in [2.75, 3.05) is 13.1 Å². The van der Waals surface area contributed by atoms with Crippen LogP contribution in [0.1, 0.15) is 37.2 Å². The van der Waals surface area contributed by atoms with Gasteiger partial charge in [-0.2, -0.15) is 0 Å². The first-order chi connectivity index (χ1) is 14.7. The Morgan fingerprint density at radius 1 is 1.07 bits per heavy atom. The highest BCUT2D eigenvalue weighted by molar-refractivity contribution is 5.57. The molecule has 7 heteroatoms. The second-order valence-corrected chi connectivity index (χ2v) is 8.52. The maximum atomic E-state index is 12.6. The van der Waals surface area contributed by atoms with Gasteiger partial charge in [-0.3, -0.25) is 19.2 Å². The van der Waals surface area contributed by atoms with Gasteiger partial charge < -0.3 is 4.57 Å². The van der Waals surface area contributed by atoms with Crippen molar-refractivity contribution in [2.24, 2.45) is 5.92 Å². The molecule has 7 nitrogen and oxygen atoms in total. The molecular formula is C23H28N6O. The van der Waals surface area contributed by atoms with Gasteiger partial charge in [0.2, 0.25) is 0 Å². The van der Waals surface area contributed by atoms with Gasteiger partial charge in [-0.15, -0.1) is 0 Å². The van der Waals surface area contributed by atoms with Gasteiger partial charge in [-0.05, 0) is 56.8 Å². The topological polar surface area (TPSA) is 68.8 Å². The fourth-order valence-corrected chi connectivity index (χ4v) is 4.63. The fraction of sp³-hybridized carbons (Fsp3) is 0.478. The Kier molecular flexibility index (Phi) is 5.45. The van der Waals surface area contributed by atoms with Crippen LogP contribution in [0.25, 0.3) is 11.3 Å².